The number of nitrogens with zero attached hydrogens (tertiary/aromatic N) is 1. The van der Waals surface area contributed by atoms with E-state index in [-0.39, 0.29) is 0 Å². The predicted molar refractivity (Wildman–Crippen MR) is 22.8 cm³/mol. The molecule has 0 saturated heterocycles. The minimum atomic E-state index is -4.24. The first-order valence-electron chi connectivity index (χ1n) is 1.85. The molecule has 0 fully saturated rings. The lowest BCUT2D eigenvalue weighted by Crippen LogP contribution is -2.26. The van der Waals surface area contributed by atoms with Gasteiger partial charge in [-0.2, -0.15) is 8.78 Å². The molecule has 0 spiro atoms. The van der Waals surface area contributed by atoms with Gasteiger partial charge in [0.25, 0.3) is 0 Å². The van der Waals surface area contributed by atoms with Crippen molar-refractivity contribution in [2.75, 3.05) is 7.11 Å². The zero-order valence-corrected chi connectivity index (χ0v) is 4.43. The van der Waals surface area contributed by atoms with Crippen LogP contribution in [0, 0.1) is 4.91 Å². The lowest BCUT2D eigenvalue weighted by Gasteiger charge is -2.01. The third kappa shape index (κ3) is 1.71. The molecule has 52 valence electrons. The molecule has 0 atom stereocenters. The fourth-order valence-electron chi connectivity index (χ4n) is 0.160. The number of carbonyl (C=O) groups excluding carboxylic acids is 1. The number of esters is 1. The monoisotopic (exact) mass is 139 g/mol. The van der Waals surface area contributed by atoms with E-state index >= 15 is 0 Å². The van der Waals surface area contributed by atoms with Crippen molar-refractivity contribution < 1.29 is 18.3 Å². The Morgan fingerprint density at radius 3 is 2.22 bits per heavy atom. The molecule has 0 saturated carbocycles. The Hall–Kier alpha value is -1.07. The van der Waals surface area contributed by atoms with E-state index in [0.29, 0.717) is 0 Å². The third-order valence-corrected chi connectivity index (χ3v) is 0.546. The zero-order valence-electron chi connectivity index (χ0n) is 4.43. The molecule has 0 aliphatic heterocycles. The summed E-state index contributed by atoms with van der Waals surface area (Å²) in [6.07, 6.45) is 0. The van der Waals surface area contributed by atoms with E-state index in [1.807, 2.05) is 0 Å². The standard InChI is InChI=1S/C3H3F2NO3/c1-9-2(7)3(4,5)6-8/h1H3. The van der Waals surface area contributed by atoms with Gasteiger partial charge in [0.2, 0.25) is 0 Å². The lowest BCUT2D eigenvalue weighted by molar-refractivity contribution is -0.167. The summed E-state index contributed by atoms with van der Waals surface area (Å²) in [7, 11) is 0.738. The Morgan fingerprint density at radius 2 is 2.11 bits per heavy atom. The maximum atomic E-state index is 11.6. The fourth-order valence-corrected chi connectivity index (χ4v) is 0.160. The Bertz CT molecular complexity index is 135. The van der Waals surface area contributed by atoms with Gasteiger partial charge in [-0.3, -0.25) is 0 Å². The van der Waals surface area contributed by atoms with Crippen LogP contribution in [0.25, 0.3) is 0 Å². The van der Waals surface area contributed by atoms with Crippen LogP contribution in [0.1, 0.15) is 0 Å². The first-order valence-corrected chi connectivity index (χ1v) is 1.85. The number of alkyl halides is 2. The van der Waals surface area contributed by atoms with Gasteiger partial charge in [-0.15, -0.1) is 4.91 Å². The summed E-state index contributed by atoms with van der Waals surface area (Å²) in [6, 6.07) is -4.24. The van der Waals surface area contributed by atoms with E-state index in [1.165, 1.54) is 5.18 Å². The number of methoxy groups -OCH3 is 1. The first-order chi connectivity index (χ1) is 4.04. The number of ether oxygens (including phenoxy) is 1. The van der Waals surface area contributed by atoms with E-state index < -0.39 is 12.0 Å². The maximum Gasteiger partial charge on any atom is 0.475 e. The lowest BCUT2D eigenvalue weighted by atomic mass is 10.6. The summed E-state index contributed by atoms with van der Waals surface area (Å²) < 4.78 is 26.7. The molecule has 0 aromatic carbocycles. The zero-order chi connectivity index (χ0) is 7.49. The molecule has 0 aliphatic carbocycles. The van der Waals surface area contributed by atoms with Gasteiger partial charge in [0, 0.05) is 5.18 Å². The Labute approximate surface area is 48.8 Å². The highest BCUT2D eigenvalue weighted by Gasteiger charge is 2.42. The summed E-state index contributed by atoms with van der Waals surface area (Å²) in [4.78, 5) is 18.9. The van der Waals surface area contributed by atoms with Crippen molar-refractivity contribution in [1.82, 2.24) is 0 Å². The molecule has 9 heavy (non-hydrogen) atoms. The van der Waals surface area contributed by atoms with Crippen LogP contribution in [-0.2, 0) is 9.53 Å². The molecule has 0 aliphatic rings. The van der Waals surface area contributed by atoms with Crippen LogP contribution in [0.15, 0.2) is 5.18 Å². The number of hydrogen-bond acceptors (Lipinski definition) is 4. The predicted octanol–water partition coefficient (Wildman–Crippen LogP) is 0.519. The van der Waals surface area contributed by atoms with Crippen LogP contribution in [0.2, 0.25) is 0 Å². The van der Waals surface area contributed by atoms with E-state index in [9.17, 15) is 13.6 Å². The number of rotatable bonds is 2. The van der Waals surface area contributed by atoms with Crippen molar-refractivity contribution in [3.05, 3.63) is 4.91 Å². The van der Waals surface area contributed by atoms with Crippen LogP contribution >= 0.6 is 0 Å². The van der Waals surface area contributed by atoms with Gasteiger partial charge in [0.1, 0.15) is 0 Å². The van der Waals surface area contributed by atoms with E-state index in [1.54, 1.807) is 0 Å². The van der Waals surface area contributed by atoms with Crippen molar-refractivity contribution in [2.24, 2.45) is 5.18 Å². The number of carbonyl (C=O) groups is 1. The van der Waals surface area contributed by atoms with Crippen molar-refractivity contribution in [3.63, 3.8) is 0 Å². The SMILES string of the molecule is COC(=O)C(F)(F)N=O. The second kappa shape index (κ2) is 2.47. The minimum absolute atomic E-state index is 0.738. The molecule has 6 heteroatoms. The van der Waals surface area contributed by atoms with Gasteiger partial charge in [-0.05, 0) is 0 Å². The van der Waals surface area contributed by atoms with Crippen molar-refractivity contribution >= 4 is 5.97 Å². The molecule has 0 rings (SSSR count). The van der Waals surface area contributed by atoms with E-state index in [4.69, 9.17) is 4.91 Å². The van der Waals surface area contributed by atoms with Gasteiger partial charge >= 0.3 is 12.0 Å². The second-order valence-corrected chi connectivity index (χ2v) is 1.12. The van der Waals surface area contributed by atoms with Gasteiger partial charge < -0.3 is 4.74 Å². The second-order valence-electron chi connectivity index (χ2n) is 1.12. The van der Waals surface area contributed by atoms with Crippen LogP contribution in [0.5, 0.6) is 0 Å². The molecule has 0 N–H and O–H groups in total. The average molecular weight is 139 g/mol. The first kappa shape index (κ1) is 7.93. The van der Waals surface area contributed by atoms with Crippen molar-refractivity contribution in [3.8, 4) is 0 Å². The molecule has 0 amide bonds. The number of halogens is 2. The maximum absolute atomic E-state index is 11.6. The highest BCUT2D eigenvalue weighted by Crippen LogP contribution is 2.15. The largest absolute Gasteiger partial charge is 0.475 e. The average Bonchev–Trinajstić information content (AvgIpc) is 1.86. The van der Waals surface area contributed by atoms with Gasteiger partial charge in [-0.1, -0.05) is 0 Å². The summed E-state index contributed by atoms with van der Waals surface area (Å²) >= 11 is 0. The van der Waals surface area contributed by atoms with Crippen molar-refractivity contribution in [1.29, 1.82) is 0 Å². The fraction of sp³-hybridized carbons (Fsp3) is 0.667. The third-order valence-electron chi connectivity index (χ3n) is 0.546. The highest BCUT2D eigenvalue weighted by atomic mass is 19.3. The van der Waals surface area contributed by atoms with Gasteiger partial charge in [0.05, 0.1) is 7.11 Å². The van der Waals surface area contributed by atoms with Crippen LogP contribution in [0.4, 0.5) is 8.78 Å². The molecule has 0 aromatic heterocycles. The normalized spacial score (nSPS) is 10.6. The summed E-state index contributed by atoms with van der Waals surface area (Å²) in [5.74, 6) is -1.95. The number of hydrogen-bond donors (Lipinski definition) is 0. The molecule has 0 bridgehead atoms. The molecule has 0 heterocycles. The number of nitroso groups, excluding NO2 is 1. The van der Waals surface area contributed by atoms with Crippen LogP contribution in [0.3, 0.4) is 0 Å². The smallest absolute Gasteiger partial charge is 0.463 e. The summed E-state index contributed by atoms with van der Waals surface area (Å²) in [5, 5.41) is 1.23. The molecule has 4 nitrogen and oxygen atoms in total. The van der Waals surface area contributed by atoms with Crippen molar-refractivity contribution in [2.45, 2.75) is 6.05 Å². The molecule has 0 radical (unpaired) electrons. The summed E-state index contributed by atoms with van der Waals surface area (Å²) in [6.45, 7) is 0. The minimum Gasteiger partial charge on any atom is -0.463 e. The van der Waals surface area contributed by atoms with Crippen LogP contribution < -0.4 is 0 Å². The Morgan fingerprint density at radius 1 is 1.67 bits per heavy atom. The molecular formula is C3H3F2NO3. The van der Waals surface area contributed by atoms with Gasteiger partial charge in [0.15, 0.2) is 0 Å². The molecular weight excluding hydrogens is 136 g/mol. The molecule has 0 unspecified atom stereocenters. The Balaban J connectivity index is 4.14. The summed E-state index contributed by atoms with van der Waals surface area (Å²) in [5.41, 5.74) is 0. The Kier molecular flexibility index (Phi) is 2.18. The molecule has 0 aromatic rings. The van der Waals surface area contributed by atoms with Crippen LogP contribution in [-0.4, -0.2) is 19.1 Å². The van der Waals surface area contributed by atoms with Gasteiger partial charge in [-0.25, -0.2) is 4.79 Å². The van der Waals surface area contributed by atoms with E-state index in [2.05, 4.69) is 4.74 Å². The quantitative estimate of drug-likeness (QED) is 0.318. The van der Waals surface area contributed by atoms with E-state index in [0.717, 1.165) is 7.11 Å². The highest BCUT2D eigenvalue weighted by molar-refractivity contribution is 5.76. The topological polar surface area (TPSA) is 55.7 Å².